The number of anilines is 2. The van der Waals surface area contributed by atoms with Crippen molar-refractivity contribution in [1.29, 1.82) is 5.26 Å². The smallest absolute Gasteiger partial charge is 0.235 e. The van der Waals surface area contributed by atoms with Crippen molar-refractivity contribution >= 4 is 57.2 Å². The molecule has 5 nitrogen and oxygen atoms in total. The van der Waals surface area contributed by atoms with Crippen LogP contribution in [0.1, 0.15) is 28.0 Å². The van der Waals surface area contributed by atoms with Crippen molar-refractivity contribution < 1.29 is 9.59 Å². The second-order valence-electron chi connectivity index (χ2n) is 6.22. The highest BCUT2D eigenvalue weighted by molar-refractivity contribution is 8.00. The van der Waals surface area contributed by atoms with Crippen LogP contribution in [-0.4, -0.2) is 23.3 Å². The summed E-state index contributed by atoms with van der Waals surface area (Å²) in [5, 5.41) is 16.2. The Labute approximate surface area is 171 Å². The summed E-state index contributed by atoms with van der Waals surface area (Å²) in [6.07, 6.45) is 2.95. The minimum absolute atomic E-state index is 0.153. The molecular weight excluding hydrogens is 402 g/mol. The highest BCUT2D eigenvalue weighted by Crippen LogP contribution is 2.38. The number of hydrogen-bond acceptors (Lipinski definition) is 5. The van der Waals surface area contributed by atoms with Crippen molar-refractivity contribution in [1.82, 2.24) is 0 Å². The minimum atomic E-state index is -0.202. The van der Waals surface area contributed by atoms with Crippen LogP contribution in [0.4, 0.5) is 10.7 Å². The van der Waals surface area contributed by atoms with Gasteiger partial charge in [-0.25, -0.2) is 0 Å². The molecule has 0 saturated heterocycles. The molecule has 0 atom stereocenters. The molecule has 140 valence electrons. The van der Waals surface area contributed by atoms with Crippen molar-refractivity contribution in [2.75, 3.05) is 22.1 Å². The fourth-order valence-electron chi connectivity index (χ4n) is 2.96. The molecule has 1 aliphatic rings. The third-order valence-electron chi connectivity index (χ3n) is 4.21. The van der Waals surface area contributed by atoms with E-state index >= 15 is 0 Å². The lowest BCUT2D eigenvalue weighted by Gasteiger charge is -2.08. The number of aryl methyl sites for hydroxylation is 2. The number of carbonyl (C=O) groups is 2. The van der Waals surface area contributed by atoms with E-state index in [9.17, 15) is 14.9 Å². The maximum Gasteiger partial charge on any atom is 0.235 e. The van der Waals surface area contributed by atoms with Crippen molar-refractivity contribution in [3.63, 3.8) is 0 Å². The third-order valence-corrected chi connectivity index (χ3v) is 6.59. The molecule has 0 saturated carbocycles. The summed E-state index contributed by atoms with van der Waals surface area (Å²) in [5.74, 6) is -0.0555. The summed E-state index contributed by atoms with van der Waals surface area (Å²) >= 11 is 8.63. The molecule has 3 rings (SSSR count). The molecule has 8 heteroatoms. The van der Waals surface area contributed by atoms with Gasteiger partial charge in [-0.2, -0.15) is 5.26 Å². The molecule has 0 fully saturated rings. The van der Waals surface area contributed by atoms with Crippen molar-refractivity contribution in [2.24, 2.45) is 0 Å². The van der Waals surface area contributed by atoms with E-state index < -0.39 is 0 Å². The number of benzene rings is 1. The normalized spacial score (nSPS) is 12.3. The van der Waals surface area contributed by atoms with Gasteiger partial charge in [0, 0.05) is 15.6 Å². The summed E-state index contributed by atoms with van der Waals surface area (Å²) in [7, 11) is 0. The van der Waals surface area contributed by atoms with Crippen LogP contribution in [0.25, 0.3) is 0 Å². The number of carbonyl (C=O) groups excluding carboxylic acids is 2. The Bertz CT molecular complexity index is 934. The number of thiophene rings is 1. The van der Waals surface area contributed by atoms with Crippen molar-refractivity contribution in [2.45, 2.75) is 26.2 Å². The number of thioether (sulfide) groups is 1. The average molecular weight is 420 g/mol. The van der Waals surface area contributed by atoms with Gasteiger partial charge in [0.2, 0.25) is 11.8 Å². The van der Waals surface area contributed by atoms with Gasteiger partial charge in [-0.1, -0.05) is 11.6 Å². The molecule has 1 aliphatic carbocycles. The van der Waals surface area contributed by atoms with Gasteiger partial charge < -0.3 is 10.6 Å². The van der Waals surface area contributed by atoms with E-state index in [2.05, 4.69) is 16.7 Å². The van der Waals surface area contributed by atoms with E-state index in [1.165, 1.54) is 28.0 Å². The molecule has 1 aromatic heterocycles. The zero-order valence-electron chi connectivity index (χ0n) is 14.7. The first-order chi connectivity index (χ1) is 13.0. The quantitative estimate of drug-likeness (QED) is 0.727. The van der Waals surface area contributed by atoms with Gasteiger partial charge in [-0.15, -0.1) is 23.1 Å². The maximum atomic E-state index is 12.2. The minimum Gasteiger partial charge on any atom is -0.325 e. The first kappa shape index (κ1) is 19.7. The lowest BCUT2D eigenvalue weighted by Crippen LogP contribution is -2.18. The molecule has 2 N–H and O–H groups in total. The van der Waals surface area contributed by atoms with Gasteiger partial charge in [0.1, 0.15) is 11.1 Å². The summed E-state index contributed by atoms with van der Waals surface area (Å²) < 4.78 is 0. The van der Waals surface area contributed by atoms with Crippen LogP contribution in [-0.2, 0) is 22.4 Å². The molecule has 1 heterocycles. The molecule has 0 spiro atoms. The van der Waals surface area contributed by atoms with E-state index in [1.807, 2.05) is 6.92 Å². The Balaban J connectivity index is 1.47. The fraction of sp³-hybridized carbons (Fsp3) is 0.316. The summed E-state index contributed by atoms with van der Waals surface area (Å²) in [6, 6.07) is 7.46. The zero-order chi connectivity index (χ0) is 19.4. The van der Waals surface area contributed by atoms with E-state index in [1.54, 1.807) is 18.2 Å². The molecule has 27 heavy (non-hydrogen) atoms. The van der Waals surface area contributed by atoms with Crippen LogP contribution in [0.2, 0.25) is 5.02 Å². The van der Waals surface area contributed by atoms with Gasteiger partial charge in [-0.05, 0) is 55.5 Å². The second-order valence-corrected chi connectivity index (χ2v) is 8.75. The van der Waals surface area contributed by atoms with Crippen molar-refractivity contribution in [3.05, 3.63) is 44.8 Å². The number of fused-ring (bicyclic) bond motifs is 1. The maximum absolute atomic E-state index is 12.2. The average Bonchev–Trinajstić information content (AvgIpc) is 3.18. The highest BCUT2D eigenvalue weighted by Gasteiger charge is 2.23. The lowest BCUT2D eigenvalue weighted by molar-refractivity contribution is -0.114. The first-order valence-corrected chi connectivity index (χ1v) is 10.8. The molecule has 1 aromatic carbocycles. The topological polar surface area (TPSA) is 82.0 Å². The fourth-order valence-corrected chi connectivity index (χ4v) is 5.06. The summed E-state index contributed by atoms with van der Waals surface area (Å²) in [4.78, 5) is 25.4. The third kappa shape index (κ3) is 4.83. The van der Waals surface area contributed by atoms with E-state index in [-0.39, 0.29) is 23.3 Å². The van der Waals surface area contributed by atoms with Crippen molar-refractivity contribution in [3.8, 4) is 6.07 Å². The van der Waals surface area contributed by atoms with Crippen LogP contribution in [0.5, 0.6) is 0 Å². The Kier molecular flexibility index (Phi) is 6.42. The SMILES string of the molecule is Cc1cc(Cl)ccc1NC(=O)CSCC(=O)Nc1sc2c(c1C#N)CCC2. The van der Waals surface area contributed by atoms with Gasteiger partial charge in [-0.3, -0.25) is 9.59 Å². The lowest BCUT2D eigenvalue weighted by atomic mass is 10.1. The van der Waals surface area contributed by atoms with Crippen LogP contribution < -0.4 is 10.6 Å². The van der Waals surface area contributed by atoms with E-state index in [4.69, 9.17) is 11.6 Å². The number of amides is 2. The molecule has 2 amide bonds. The van der Waals surface area contributed by atoms with Gasteiger partial charge in [0.05, 0.1) is 17.1 Å². The molecule has 0 bridgehead atoms. The van der Waals surface area contributed by atoms with Gasteiger partial charge in [0.15, 0.2) is 0 Å². The predicted octanol–water partition coefficient (Wildman–Crippen LogP) is 4.38. The second kappa shape index (κ2) is 8.79. The number of halogens is 1. The Morgan fingerprint density at radius 3 is 2.70 bits per heavy atom. The Morgan fingerprint density at radius 1 is 1.26 bits per heavy atom. The number of rotatable bonds is 6. The number of hydrogen-bond donors (Lipinski definition) is 2. The first-order valence-electron chi connectivity index (χ1n) is 8.46. The van der Waals surface area contributed by atoms with Crippen LogP contribution in [0.15, 0.2) is 18.2 Å². The standard InChI is InChI=1S/C19H18ClN3O2S2/c1-11-7-12(20)5-6-15(11)22-17(24)9-26-10-18(25)23-19-14(8-21)13-3-2-4-16(13)27-19/h5-7H,2-4,9-10H2,1H3,(H,22,24)(H,23,25). The van der Waals surface area contributed by atoms with Crippen LogP contribution >= 0.6 is 34.7 Å². The van der Waals surface area contributed by atoms with E-state index in [0.717, 1.165) is 30.4 Å². The van der Waals surface area contributed by atoms with Gasteiger partial charge >= 0.3 is 0 Å². The number of nitriles is 1. The number of nitrogens with zero attached hydrogens (tertiary/aromatic N) is 1. The highest BCUT2D eigenvalue weighted by atomic mass is 35.5. The molecule has 0 radical (unpaired) electrons. The monoisotopic (exact) mass is 419 g/mol. The molecule has 0 aliphatic heterocycles. The predicted molar refractivity (Wildman–Crippen MR) is 112 cm³/mol. The molecule has 0 unspecified atom stereocenters. The van der Waals surface area contributed by atoms with Crippen LogP contribution in [0.3, 0.4) is 0 Å². The Hall–Kier alpha value is -2.01. The van der Waals surface area contributed by atoms with Gasteiger partial charge in [0.25, 0.3) is 0 Å². The summed E-state index contributed by atoms with van der Waals surface area (Å²) in [6.45, 7) is 1.87. The molecular formula is C19H18ClN3O2S2. The number of nitrogens with one attached hydrogen (secondary N) is 2. The van der Waals surface area contributed by atoms with Crippen LogP contribution in [0, 0.1) is 18.3 Å². The summed E-state index contributed by atoms with van der Waals surface area (Å²) in [5.41, 5.74) is 3.28. The largest absolute Gasteiger partial charge is 0.325 e. The zero-order valence-corrected chi connectivity index (χ0v) is 17.1. The van der Waals surface area contributed by atoms with E-state index in [0.29, 0.717) is 21.3 Å². The molecule has 2 aromatic rings. The Morgan fingerprint density at radius 2 is 2.00 bits per heavy atom.